The Hall–Kier alpha value is -4.07. The van der Waals surface area contributed by atoms with Gasteiger partial charge in [-0.3, -0.25) is 4.98 Å². The second-order valence-corrected chi connectivity index (χ2v) is 7.35. The third-order valence-corrected chi connectivity index (χ3v) is 5.54. The van der Waals surface area contributed by atoms with E-state index in [1.165, 1.54) is 24.7 Å². The van der Waals surface area contributed by atoms with Gasteiger partial charge in [0.05, 0.1) is 5.56 Å². The molecule has 1 aliphatic heterocycles. The van der Waals surface area contributed by atoms with Crippen molar-refractivity contribution in [2.24, 2.45) is 10.7 Å². The maximum atomic E-state index is 14.8. The lowest BCUT2D eigenvalue weighted by Gasteiger charge is -2.30. The van der Waals surface area contributed by atoms with Gasteiger partial charge in [0.2, 0.25) is 0 Å². The van der Waals surface area contributed by atoms with Gasteiger partial charge in [-0.2, -0.15) is 0 Å². The van der Waals surface area contributed by atoms with Crippen molar-refractivity contribution in [2.45, 2.75) is 12.0 Å². The number of benzene rings is 2. The first-order valence-corrected chi connectivity index (χ1v) is 9.76. The number of nitrogens with two attached hydrogens (primary N) is 1. The maximum absolute atomic E-state index is 14.8. The average molecular weight is 431 g/mol. The SMILES string of the molecule is NC1=N[C@](c2cccc(-c3cncnc3)c2)(c2ccnc(C(F)F)c2)c2cccc(F)c21. The van der Waals surface area contributed by atoms with Gasteiger partial charge in [0.15, 0.2) is 0 Å². The van der Waals surface area contributed by atoms with Gasteiger partial charge in [0, 0.05) is 29.7 Å². The monoisotopic (exact) mass is 431 g/mol. The van der Waals surface area contributed by atoms with Crippen LogP contribution in [0.25, 0.3) is 11.1 Å². The van der Waals surface area contributed by atoms with Crippen molar-refractivity contribution in [3.8, 4) is 11.1 Å². The Bertz CT molecular complexity index is 1340. The van der Waals surface area contributed by atoms with Crippen molar-refractivity contribution in [2.75, 3.05) is 0 Å². The summed E-state index contributed by atoms with van der Waals surface area (Å²) in [6, 6.07) is 14.8. The fourth-order valence-corrected chi connectivity index (χ4v) is 4.15. The van der Waals surface area contributed by atoms with Crippen LogP contribution in [0.4, 0.5) is 13.2 Å². The van der Waals surface area contributed by atoms with Gasteiger partial charge in [-0.25, -0.2) is 28.1 Å². The second-order valence-electron chi connectivity index (χ2n) is 7.35. The largest absolute Gasteiger partial charge is 0.383 e. The van der Waals surface area contributed by atoms with Gasteiger partial charge in [-0.1, -0.05) is 30.3 Å². The van der Waals surface area contributed by atoms with E-state index in [1.54, 1.807) is 30.6 Å². The molecule has 0 radical (unpaired) electrons. The zero-order chi connectivity index (χ0) is 22.3. The lowest BCUT2D eigenvalue weighted by molar-refractivity contribution is 0.146. The zero-order valence-corrected chi connectivity index (χ0v) is 16.6. The van der Waals surface area contributed by atoms with Crippen LogP contribution in [0.15, 0.2) is 84.5 Å². The van der Waals surface area contributed by atoms with E-state index in [-0.39, 0.29) is 11.4 Å². The molecule has 2 aromatic heterocycles. The first-order valence-electron chi connectivity index (χ1n) is 9.76. The summed E-state index contributed by atoms with van der Waals surface area (Å²) >= 11 is 0. The van der Waals surface area contributed by atoms with Gasteiger partial charge in [0.1, 0.15) is 29.2 Å². The Labute approximate surface area is 181 Å². The molecule has 4 aromatic rings. The smallest absolute Gasteiger partial charge is 0.280 e. The zero-order valence-electron chi connectivity index (χ0n) is 16.6. The minimum atomic E-state index is -2.77. The van der Waals surface area contributed by atoms with Gasteiger partial charge < -0.3 is 5.73 Å². The van der Waals surface area contributed by atoms with E-state index in [1.807, 2.05) is 24.3 Å². The first-order chi connectivity index (χ1) is 15.5. The molecule has 2 aromatic carbocycles. The predicted molar refractivity (Wildman–Crippen MR) is 114 cm³/mol. The Kier molecular flexibility index (Phi) is 4.70. The molecule has 0 saturated carbocycles. The Morgan fingerprint density at radius 1 is 0.875 bits per heavy atom. The summed E-state index contributed by atoms with van der Waals surface area (Å²) in [6.07, 6.45) is 3.30. The molecule has 5 rings (SSSR count). The topological polar surface area (TPSA) is 77.0 Å². The number of aromatic nitrogens is 3. The summed E-state index contributed by atoms with van der Waals surface area (Å²) in [4.78, 5) is 16.6. The van der Waals surface area contributed by atoms with E-state index in [0.717, 1.165) is 11.1 Å². The van der Waals surface area contributed by atoms with Crippen molar-refractivity contribution in [3.63, 3.8) is 0 Å². The molecule has 0 bridgehead atoms. The summed E-state index contributed by atoms with van der Waals surface area (Å²) in [5.74, 6) is -0.525. The number of amidine groups is 1. The lowest BCUT2D eigenvalue weighted by Crippen LogP contribution is -2.26. The Morgan fingerprint density at radius 3 is 2.41 bits per heavy atom. The number of rotatable bonds is 4. The third-order valence-electron chi connectivity index (χ3n) is 5.54. The van der Waals surface area contributed by atoms with Crippen molar-refractivity contribution < 1.29 is 13.2 Å². The molecule has 0 fully saturated rings. The molecule has 2 N–H and O–H groups in total. The van der Waals surface area contributed by atoms with E-state index in [0.29, 0.717) is 16.7 Å². The third kappa shape index (κ3) is 3.03. The quantitative estimate of drug-likeness (QED) is 0.511. The summed E-state index contributed by atoms with van der Waals surface area (Å²) in [5.41, 5.74) is 7.71. The summed E-state index contributed by atoms with van der Waals surface area (Å²) in [5, 5.41) is 0. The summed E-state index contributed by atoms with van der Waals surface area (Å²) < 4.78 is 41.7. The van der Waals surface area contributed by atoms with E-state index < -0.39 is 23.5 Å². The van der Waals surface area contributed by atoms with Crippen molar-refractivity contribution in [1.29, 1.82) is 0 Å². The van der Waals surface area contributed by atoms with Gasteiger partial charge in [0.25, 0.3) is 6.43 Å². The lowest BCUT2D eigenvalue weighted by atomic mass is 9.77. The van der Waals surface area contributed by atoms with Crippen LogP contribution in [0, 0.1) is 5.82 Å². The average Bonchev–Trinajstić information content (AvgIpc) is 3.14. The number of hydrogen-bond donors (Lipinski definition) is 1. The number of fused-ring (bicyclic) bond motifs is 1. The van der Waals surface area contributed by atoms with Crippen LogP contribution >= 0.6 is 0 Å². The number of aliphatic imine (C=N–C) groups is 1. The van der Waals surface area contributed by atoms with E-state index in [4.69, 9.17) is 5.73 Å². The molecule has 158 valence electrons. The van der Waals surface area contributed by atoms with Crippen molar-refractivity contribution >= 4 is 5.84 Å². The van der Waals surface area contributed by atoms with Gasteiger partial charge >= 0.3 is 0 Å². The highest BCUT2D eigenvalue weighted by Gasteiger charge is 2.44. The van der Waals surface area contributed by atoms with Gasteiger partial charge in [-0.05, 0) is 41.0 Å². The van der Waals surface area contributed by atoms with E-state index in [2.05, 4.69) is 19.9 Å². The normalized spacial score (nSPS) is 17.3. The van der Waals surface area contributed by atoms with E-state index >= 15 is 0 Å². The molecule has 0 aliphatic carbocycles. The summed E-state index contributed by atoms with van der Waals surface area (Å²) in [6.45, 7) is 0. The maximum Gasteiger partial charge on any atom is 0.280 e. The molecule has 0 spiro atoms. The number of hydrogen-bond acceptors (Lipinski definition) is 5. The highest BCUT2D eigenvalue weighted by molar-refractivity contribution is 6.03. The van der Waals surface area contributed by atoms with E-state index in [9.17, 15) is 13.2 Å². The molecular weight excluding hydrogens is 415 g/mol. The van der Waals surface area contributed by atoms with Crippen molar-refractivity contribution in [3.05, 3.63) is 113 Å². The number of nitrogens with zero attached hydrogens (tertiary/aromatic N) is 4. The molecule has 0 saturated heterocycles. The highest BCUT2D eigenvalue weighted by atomic mass is 19.3. The number of alkyl halides is 2. The minimum Gasteiger partial charge on any atom is -0.383 e. The van der Waals surface area contributed by atoms with Crippen LogP contribution in [0.3, 0.4) is 0 Å². The molecule has 5 nitrogen and oxygen atoms in total. The summed E-state index contributed by atoms with van der Waals surface area (Å²) in [7, 11) is 0. The molecule has 0 unspecified atom stereocenters. The fourth-order valence-electron chi connectivity index (χ4n) is 4.15. The molecule has 32 heavy (non-hydrogen) atoms. The molecule has 1 atom stereocenters. The number of pyridine rings is 1. The second kappa shape index (κ2) is 7.56. The molecule has 3 heterocycles. The van der Waals surface area contributed by atoms with Crippen LogP contribution < -0.4 is 5.73 Å². The molecule has 0 amide bonds. The Balaban J connectivity index is 1.82. The molecule has 8 heteroatoms. The van der Waals surface area contributed by atoms with Crippen LogP contribution in [-0.4, -0.2) is 20.8 Å². The number of halogens is 3. The highest BCUT2D eigenvalue weighted by Crippen LogP contribution is 2.47. The predicted octanol–water partition coefficient (Wildman–Crippen LogP) is 4.63. The van der Waals surface area contributed by atoms with Crippen LogP contribution in [0.2, 0.25) is 0 Å². The van der Waals surface area contributed by atoms with Gasteiger partial charge in [-0.15, -0.1) is 0 Å². The Morgan fingerprint density at radius 2 is 1.62 bits per heavy atom. The standard InChI is InChI=1S/C24H16F3N5/c25-19-6-2-5-18-21(19)23(28)32-24(18,17-7-8-31-20(10-17)22(26)27)16-4-1-3-14(9-16)15-11-29-13-30-12-15/h1-13,22H,(H2,28,32)/t24-/m1/s1. The van der Waals surface area contributed by atoms with Crippen LogP contribution in [0.1, 0.15) is 34.4 Å². The van der Waals surface area contributed by atoms with Crippen LogP contribution in [0.5, 0.6) is 0 Å². The first kappa shape index (κ1) is 19.9. The van der Waals surface area contributed by atoms with Crippen molar-refractivity contribution in [1.82, 2.24) is 15.0 Å². The molecular formula is C24H16F3N5. The van der Waals surface area contributed by atoms with Crippen LogP contribution in [-0.2, 0) is 5.54 Å². The minimum absolute atomic E-state index is 0.00181. The molecule has 1 aliphatic rings. The fraction of sp³-hybridized carbons (Fsp3) is 0.0833.